The zero-order valence-corrected chi connectivity index (χ0v) is 28.6. The van der Waals surface area contributed by atoms with Crippen LogP contribution in [0, 0.1) is 11.3 Å². The number of unbranched alkanes of at least 4 members (excludes halogenated alkanes) is 5. The molecule has 0 bridgehead atoms. The van der Waals surface area contributed by atoms with E-state index in [1.54, 1.807) is 21.6 Å². The molecule has 3 amide bonds. The molecule has 2 fully saturated rings. The standard InChI is InChI=1S/C36H53N3O8/c1-5-7-8-9-10-14-17-39-31-23-30(26-45-25-28-15-12-11-13-16-28)47-27(3)36(31,34(42)44-4)24-29(33(39)41)22-32(40)37-18-20-38(21-19-37)35(43)46-6-2/h11-13,15-16,23,27,29-30H,5-10,14,17-22,24-26H2,1-4H3/t27-,29+,30-,36+/m1/s1. The summed E-state index contributed by atoms with van der Waals surface area (Å²) in [5, 5.41) is 0. The molecular formula is C36H53N3O8. The third-order valence-corrected chi connectivity index (χ3v) is 9.61. The van der Waals surface area contributed by atoms with Gasteiger partial charge in [0, 0.05) is 50.8 Å². The van der Waals surface area contributed by atoms with E-state index in [2.05, 4.69) is 6.92 Å². The maximum atomic E-state index is 14.3. The average Bonchev–Trinajstić information content (AvgIpc) is 3.08. The van der Waals surface area contributed by atoms with E-state index in [-0.39, 0.29) is 37.4 Å². The lowest BCUT2D eigenvalue weighted by Crippen LogP contribution is -2.61. The highest BCUT2D eigenvalue weighted by Gasteiger charge is 2.59. The van der Waals surface area contributed by atoms with Crippen molar-refractivity contribution in [2.75, 3.05) is 53.0 Å². The van der Waals surface area contributed by atoms with Gasteiger partial charge in [0.15, 0.2) is 0 Å². The fourth-order valence-electron chi connectivity index (χ4n) is 6.99. The summed E-state index contributed by atoms with van der Waals surface area (Å²) in [6, 6.07) is 9.87. The summed E-state index contributed by atoms with van der Waals surface area (Å²) in [7, 11) is 1.36. The smallest absolute Gasteiger partial charge is 0.409 e. The van der Waals surface area contributed by atoms with Crippen LogP contribution in [0.3, 0.4) is 0 Å². The fourth-order valence-corrected chi connectivity index (χ4v) is 6.99. The first-order valence-electron chi connectivity index (χ1n) is 17.3. The molecule has 47 heavy (non-hydrogen) atoms. The first kappa shape index (κ1) is 36.4. The number of amides is 3. The molecule has 0 unspecified atom stereocenters. The Morgan fingerprint density at radius 1 is 0.957 bits per heavy atom. The van der Waals surface area contributed by atoms with Crippen LogP contribution < -0.4 is 0 Å². The van der Waals surface area contributed by atoms with Crippen LogP contribution in [-0.4, -0.2) is 104 Å². The number of nitrogens with zero attached hydrogens (tertiary/aromatic N) is 3. The van der Waals surface area contributed by atoms with Gasteiger partial charge < -0.3 is 33.6 Å². The van der Waals surface area contributed by atoms with Crippen molar-refractivity contribution in [2.45, 2.75) is 91.0 Å². The molecule has 0 spiro atoms. The summed E-state index contributed by atoms with van der Waals surface area (Å²) >= 11 is 0. The van der Waals surface area contributed by atoms with Crippen LogP contribution in [0.4, 0.5) is 4.79 Å². The Balaban J connectivity index is 1.54. The van der Waals surface area contributed by atoms with Crippen LogP contribution in [0.5, 0.6) is 0 Å². The molecule has 3 aliphatic heterocycles. The molecule has 260 valence electrons. The second-order valence-corrected chi connectivity index (χ2v) is 12.8. The van der Waals surface area contributed by atoms with Crippen molar-refractivity contribution in [1.82, 2.24) is 14.7 Å². The highest BCUT2D eigenvalue weighted by Crippen LogP contribution is 2.50. The van der Waals surface area contributed by atoms with Gasteiger partial charge in [-0.15, -0.1) is 0 Å². The Morgan fingerprint density at radius 2 is 1.64 bits per heavy atom. The average molecular weight is 656 g/mol. The van der Waals surface area contributed by atoms with Gasteiger partial charge in [-0.2, -0.15) is 0 Å². The molecule has 11 heteroatoms. The lowest BCUT2D eigenvalue weighted by Gasteiger charge is -2.51. The van der Waals surface area contributed by atoms with Gasteiger partial charge in [-0.1, -0.05) is 69.4 Å². The Morgan fingerprint density at radius 3 is 2.32 bits per heavy atom. The molecule has 2 saturated heterocycles. The fraction of sp³-hybridized carbons (Fsp3) is 0.667. The lowest BCUT2D eigenvalue weighted by atomic mass is 9.66. The normalized spacial score (nSPS) is 24.4. The van der Waals surface area contributed by atoms with Gasteiger partial charge in [-0.3, -0.25) is 14.4 Å². The van der Waals surface area contributed by atoms with Crippen molar-refractivity contribution in [3.8, 4) is 0 Å². The number of benzene rings is 1. The highest BCUT2D eigenvalue weighted by molar-refractivity contribution is 5.92. The molecule has 3 aliphatic rings. The van der Waals surface area contributed by atoms with Gasteiger partial charge in [0.05, 0.1) is 33.0 Å². The van der Waals surface area contributed by atoms with Crippen molar-refractivity contribution in [1.29, 1.82) is 0 Å². The zero-order chi connectivity index (χ0) is 33.8. The lowest BCUT2D eigenvalue weighted by molar-refractivity contribution is -0.178. The van der Waals surface area contributed by atoms with Crippen LogP contribution in [0.1, 0.15) is 77.7 Å². The summed E-state index contributed by atoms with van der Waals surface area (Å²) in [4.78, 5) is 58.8. The van der Waals surface area contributed by atoms with Crippen LogP contribution in [-0.2, 0) is 39.9 Å². The first-order chi connectivity index (χ1) is 22.7. The molecule has 0 aromatic heterocycles. The van der Waals surface area contributed by atoms with E-state index < -0.39 is 29.5 Å². The van der Waals surface area contributed by atoms with Crippen molar-refractivity contribution in [3.63, 3.8) is 0 Å². The molecule has 3 heterocycles. The molecule has 1 aromatic rings. The van der Waals surface area contributed by atoms with Crippen molar-refractivity contribution in [2.24, 2.45) is 11.3 Å². The number of carbonyl (C=O) groups excluding carboxylic acids is 4. The SMILES string of the molecule is CCCCCCCCN1C(=O)[C@@H](CC(=O)N2CCN(C(=O)OCC)CC2)C[C@@]2(C(=O)OC)C1=C[C@H](COCc1ccccc1)O[C@@H]2C. The van der Waals surface area contributed by atoms with Gasteiger partial charge >= 0.3 is 12.1 Å². The predicted molar refractivity (Wildman–Crippen MR) is 176 cm³/mol. The van der Waals surface area contributed by atoms with Crippen LogP contribution in [0.25, 0.3) is 0 Å². The number of hydrogen-bond donors (Lipinski definition) is 0. The topological polar surface area (TPSA) is 115 Å². The highest BCUT2D eigenvalue weighted by atomic mass is 16.6. The molecule has 0 radical (unpaired) electrons. The number of carbonyl (C=O) groups is 4. The van der Waals surface area contributed by atoms with E-state index in [0.717, 1.165) is 37.7 Å². The Bertz CT molecular complexity index is 1230. The van der Waals surface area contributed by atoms with Gasteiger partial charge in [0.1, 0.15) is 11.5 Å². The second-order valence-electron chi connectivity index (χ2n) is 12.8. The quantitative estimate of drug-likeness (QED) is 0.193. The summed E-state index contributed by atoms with van der Waals surface area (Å²) in [5.74, 6) is -1.52. The minimum atomic E-state index is -1.24. The summed E-state index contributed by atoms with van der Waals surface area (Å²) in [6.45, 7) is 8.65. The van der Waals surface area contributed by atoms with E-state index in [4.69, 9.17) is 18.9 Å². The van der Waals surface area contributed by atoms with E-state index >= 15 is 0 Å². The Kier molecular flexibility index (Phi) is 13.7. The minimum absolute atomic E-state index is 0.0341. The summed E-state index contributed by atoms with van der Waals surface area (Å²) < 4.78 is 22.9. The second kappa shape index (κ2) is 17.6. The minimum Gasteiger partial charge on any atom is -0.468 e. The van der Waals surface area contributed by atoms with Crippen LogP contribution >= 0.6 is 0 Å². The Labute approximate surface area is 279 Å². The van der Waals surface area contributed by atoms with Gasteiger partial charge in [-0.05, 0) is 38.3 Å². The van der Waals surface area contributed by atoms with Crippen molar-refractivity contribution in [3.05, 3.63) is 47.7 Å². The third-order valence-electron chi connectivity index (χ3n) is 9.61. The van der Waals surface area contributed by atoms with E-state index in [1.165, 1.54) is 13.5 Å². The third kappa shape index (κ3) is 8.93. The molecule has 4 atom stereocenters. The summed E-state index contributed by atoms with van der Waals surface area (Å²) in [5.41, 5.74) is 0.399. The zero-order valence-electron chi connectivity index (χ0n) is 28.6. The molecule has 11 nitrogen and oxygen atoms in total. The maximum Gasteiger partial charge on any atom is 0.409 e. The molecule has 0 aliphatic carbocycles. The molecule has 1 aromatic carbocycles. The largest absolute Gasteiger partial charge is 0.468 e. The van der Waals surface area contributed by atoms with Crippen LogP contribution in [0.15, 0.2) is 42.1 Å². The number of ether oxygens (including phenoxy) is 4. The number of fused-ring (bicyclic) bond motifs is 1. The predicted octanol–water partition coefficient (Wildman–Crippen LogP) is 4.93. The number of rotatable bonds is 15. The van der Waals surface area contributed by atoms with E-state index in [9.17, 15) is 19.2 Å². The van der Waals surface area contributed by atoms with Crippen LogP contribution in [0.2, 0.25) is 0 Å². The molecule has 0 saturated carbocycles. The molecular weight excluding hydrogens is 602 g/mol. The number of piperidine rings is 1. The number of esters is 1. The summed E-state index contributed by atoms with van der Waals surface area (Å²) in [6.07, 6.45) is 6.77. The number of likely N-dealkylation sites (tertiary alicyclic amines) is 1. The van der Waals surface area contributed by atoms with Gasteiger partial charge in [0.25, 0.3) is 0 Å². The van der Waals surface area contributed by atoms with E-state index in [0.29, 0.717) is 51.6 Å². The Hall–Kier alpha value is -3.44. The monoisotopic (exact) mass is 655 g/mol. The first-order valence-corrected chi connectivity index (χ1v) is 17.3. The number of hydrogen-bond acceptors (Lipinski definition) is 8. The van der Waals surface area contributed by atoms with Crippen molar-refractivity contribution >= 4 is 23.9 Å². The number of methoxy groups -OCH3 is 1. The van der Waals surface area contributed by atoms with Gasteiger partial charge in [0.2, 0.25) is 11.8 Å². The molecule has 4 rings (SSSR count). The van der Waals surface area contributed by atoms with Gasteiger partial charge in [-0.25, -0.2) is 4.79 Å². The molecule has 0 N–H and O–H groups in total. The van der Waals surface area contributed by atoms with E-state index in [1.807, 2.05) is 43.3 Å². The van der Waals surface area contributed by atoms with Crippen molar-refractivity contribution < 1.29 is 38.1 Å². The maximum absolute atomic E-state index is 14.3. The number of piperazine rings is 1.